The van der Waals surface area contributed by atoms with E-state index in [1.807, 2.05) is 0 Å². The molecule has 7 nitrogen and oxygen atoms in total. The van der Waals surface area contributed by atoms with Crippen molar-refractivity contribution in [1.29, 1.82) is 0 Å². The number of sulfonamides is 1. The Hall–Kier alpha value is -1.00. The van der Waals surface area contributed by atoms with Gasteiger partial charge in [-0.3, -0.25) is 9.69 Å². The maximum atomic E-state index is 12.5. The van der Waals surface area contributed by atoms with Crippen molar-refractivity contribution in [3.05, 3.63) is 17.0 Å². The predicted octanol–water partition coefficient (Wildman–Crippen LogP) is 0.510. The minimum Gasteiger partial charge on any atom is -0.350 e. The summed E-state index contributed by atoms with van der Waals surface area (Å²) in [6, 6.07) is 3.16. The molecule has 0 spiro atoms. The topological polar surface area (TPSA) is 73.0 Å². The summed E-state index contributed by atoms with van der Waals surface area (Å²) in [5, 5.41) is 2.90. The summed E-state index contributed by atoms with van der Waals surface area (Å²) in [5.41, 5.74) is 0. The van der Waals surface area contributed by atoms with E-state index in [0.29, 0.717) is 24.5 Å². The van der Waals surface area contributed by atoms with Crippen LogP contribution in [-0.2, 0) is 10.0 Å². The largest absolute Gasteiger partial charge is 0.350 e. The van der Waals surface area contributed by atoms with Gasteiger partial charge in [0.25, 0.3) is 15.9 Å². The van der Waals surface area contributed by atoms with Gasteiger partial charge in [0.2, 0.25) is 0 Å². The molecule has 2 aliphatic heterocycles. The van der Waals surface area contributed by atoms with Crippen LogP contribution in [0.25, 0.3) is 0 Å². The second-order valence-electron chi connectivity index (χ2n) is 6.63. The average Bonchev–Trinajstić information content (AvgIpc) is 3.29. The van der Waals surface area contributed by atoms with Crippen LogP contribution in [0.1, 0.15) is 22.5 Å². The number of likely N-dealkylation sites (N-methyl/N-ethyl adjacent to an activating group) is 1. The first-order chi connectivity index (χ1) is 12.0. The minimum atomic E-state index is -3.44. The molecule has 0 aromatic carbocycles. The summed E-state index contributed by atoms with van der Waals surface area (Å²) in [7, 11) is -1.32. The third-order valence-corrected chi connectivity index (χ3v) is 8.22. The lowest BCUT2D eigenvalue weighted by molar-refractivity contribution is 0.0945. The van der Waals surface area contributed by atoms with Crippen molar-refractivity contribution in [2.75, 3.05) is 59.4 Å². The Labute approximate surface area is 153 Å². The maximum Gasteiger partial charge on any atom is 0.261 e. The van der Waals surface area contributed by atoms with E-state index in [-0.39, 0.29) is 10.1 Å². The smallest absolute Gasteiger partial charge is 0.261 e. The van der Waals surface area contributed by atoms with Crippen molar-refractivity contribution in [2.24, 2.45) is 0 Å². The van der Waals surface area contributed by atoms with E-state index in [1.165, 1.54) is 4.31 Å². The molecule has 0 atom stereocenters. The van der Waals surface area contributed by atoms with E-state index >= 15 is 0 Å². The number of carbonyl (C=O) groups is 1. The highest BCUT2D eigenvalue weighted by atomic mass is 32.2. The van der Waals surface area contributed by atoms with E-state index in [9.17, 15) is 13.2 Å². The second kappa shape index (κ2) is 8.13. The van der Waals surface area contributed by atoms with Crippen LogP contribution in [0.4, 0.5) is 0 Å². The fraction of sp³-hybridized carbons (Fsp3) is 0.688. The minimum absolute atomic E-state index is 0.193. The van der Waals surface area contributed by atoms with Crippen molar-refractivity contribution in [2.45, 2.75) is 17.1 Å². The number of rotatable bonds is 6. The highest BCUT2D eigenvalue weighted by Gasteiger charge is 2.29. The van der Waals surface area contributed by atoms with Gasteiger partial charge >= 0.3 is 0 Å². The van der Waals surface area contributed by atoms with Crippen LogP contribution < -0.4 is 5.32 Å². The van der Waals surface area contributed by atoms with Gasteiger partial charge in [-0.25, -0.2) is 8.42 Å². The summed E-state index contributed by atoms with van der Waals surface area (Å²) in [4.78, 5) is 17.3. The van der Waals surface area contributed by atoms with E-state index in [4.69, 9.17) is 0 Å². The Kier molecular flexibility index (Phi) is 6.11. The van der Waals surface area contributed by atoms with Crippen LogP contribution in [0.3, 0.4) is 0 Å². The van der Waals surface area contributed by atoms with Gasteiger partial charge in [-0.2, -0.15) is 4.31 Å². The predicted molar refractivity (Wildman–Crippen MR) is 98.6 cm³/mol. The van der Waals surface area contributed by atoms with Crippen molar-refractivity contribution in [3.63, 3.8) is 0 Å². The molecule has 0 bridgehead atoms. The van der Waals surface area contributed by atoms with Gasteiger partial charge in [0.05, 0.1) is 4.88 Å². The zero-order valence-electron chi connectivity index (χ0n) is 14.6. The number of piperazine rings is 1. The first-order valence-electron chi connectivity index (χ1n) is 8.76. The van der Waals surface area contributed by atoms with Crippen LogP contribution in [0.15, 0.2) is 16.3 Å². The first kappa shape index (κ1) is 18.8. The molecular formula is C16H26N4O3S2. The standard InChI is InChI=1S/C16H26N4O3S2/c1-18-10-12-19(13-11-18)9-6-17-16(21)14-4-5-15(24-14)25(22,23)20-7-2-3-8-20/h4-5H,2-3,6-13H2,1H3,(H,17,21). The van der Waals surface area contributed by atoms with Crippen molar-refractivity contribution >= 4 is 27.3 Å². The zero-order chi connectivity index (χ0) is 17.9. The highest BCUT2D eigenvalue weighted by molar-refractivity contribution is 7.91. The summed E-state index contributed by atoms with van der Waals surface area (Å²) in [6.45, 7) is 6.69. The van der Waals surface area contributed by atoms with Gasteiger partial charge in [0.15, 0.2) is 0 Å². The van der Waals surface area contributed by atoms with Crippen molar-refractivity contribution < 1.29 is 13.2 Å². The zero-order valence-corrected chi connectivity index (χ0v) is 16.2. The Bertz CT molecular complexity index is 690. The third-order valence-electron chi connectivity index (χ3n) is 4.77. The molecule has 9 heteroatoms. The SMILES string of the molecule is CN1CCN(CCNC(=O)c2ccc(S(=O)(=O)N3CCCC3)s2)CC1. The van der Waals surface area contributed by atoms with Crippen molar-refractivity contribution in [3.8, 4) is 0 Å². The first-order valence-corrected chi connectivity index (χ1v) is 11.0. The number of hydrogen-bond donors (Lipinski definition) is 1. The molecule has 0 unspecified atom stereocenters. The molecule has 1 amide bonds. The van der Waals surface area contributed by atoms with Crippen LogP contribution in [0.5, 0.6) is 0 Å². The molecule has 1 aromatic heterocycles. The Morgan fingerprint density at radius 1 is 1.12 bits per heavy atom. The molecule has 2 saturated heterocycles. The maximum absolute atomic E-state index is 12.5. The molecule has 3 heterocycles. The molecule has 2 fully saturated rings. The highest BCUT2D eigenvalue weighted by Crippen LogP contribution is 2.27. The molecule has 0 radical (unpaired) electrons. The number of amides is 1. The van der Waals surface area contributed by atoms with E-state index in [2.05, 4.69) is 22.2 Å². The lowest BCUT2D eigenvalue weighted by atomic mass is 10.3. The monoisotopic (exact) mass is 386 g/mol. The molecule has 0 saturated carbocycles. The van der Waals surface area contributed by atoms with Crippen LogP contribution in [0.2, 0.25) is 0 Å². The number of nitrogens with zero attached hydrogens (tertiary/aromatic N) is 3. The van der Waals surface area contributed by atoms with Gasteiger partial charge in [0.1, 0.15) is 4.21 Å². The summed E-state index contributed by atoms with van der Waals surface area (Å²) < 4.78 is 26.8. The van der Waals surface area contributed by atoms with Gasteiger partial charge in [-0.05, 0) is 32.0 Å². The Morgan fingerprint density at radius 2 is 1.80 bits per heavy atom. The molecular weight excluding hydrogens is 360 g/mol. The van der Waals surface area contributed by atoms with Gasteiger partial charge in [-0.15, -0.1) is 11.3 Å². The molecule has 3 rings (SSSR count). The Balaban J connectivity index is 1.50. The van der Waals surface area contributed by atoms with E-state index < -0.39 is 10.0 Å². The summed E-state index contributed by atoms with van der Waals surface area (Å²) >= 11 is 1.06. The fourth-order valence-corrected chi connectivity index (χ4v) is 6.02. The molecule has 140 valence electrons. The lowest BCUT2D eigenvalue weighted by Gasteiger charge is -2.32. The lowest BCUT2D eigenvalue weighted by Crippen LogP contribution is -2.46. The molecule has 1 aromatic rings. The van der Waals surface area contributed by atoms with Crippen LogP contribution in [0, 0.1) is 0 Å². The fourth-order valence-electron chi connectivity index (χ4n) is 3.12. The number of hydrogen-bond acceptors (Lipinski definition) is 6. The molecule has 25 heavy (non-hydrogen) atoms. The normalized spacial score (nSPS) is 20.8. The second-order valence-corrected chi connectivity index (χ2v) is 9.88. The van der Waals surface area contributed by atoms with E-state index in [1.54, 1.807) is 12.1 Å². The molecule has 0 aliphatic carbocycles. The average molecular weight is 387 g/mol. The van der Waals surface area contributed by atoms with Gasteiger partial charge in [-0.1, -0.05) is 0 Å². The third kappa shape index (κ3) is 4.59. The number of thiophene rings is 1. The summed E-state index contributed by atoms with van der Waals surface area (Å²) in [5.74, 6) is -0.193. The van der Waals surface area contributed by atoms with E-state index in [0.717, 1.165) is 56.9 Å². The van der Waals surface area contributed by atoms with Crippen LogP contribution >= 0.6 is 11.3 Å². The van der Waals surface area contributed by atoms with Gasteiger partial charge < -0.3 is 10.2 Å². The molecule has 1 N–H and O–H groups in total. The quantitative estimate of drug-likeness (QED) is 0.771. The van der Waals surface area contributed by atoms with Gasteiger partial charge in [0, 0.05) is 52.4 Å². The molecule has 2 aliphatic rings. The Morgan fingerprint density at radius 3 is 2.48 bits per heavy atom. The number of nitrogens with one attached hydrogen (secondary N) is 1. The van der Waals surface area contributed by atoms with Crippen molar-refractivity contribution in [1.82, 2.24) is 19.4 Å². The summed E-state index contributed by atoms with van der Waals surface area (Å²) in [6.07, 6.45) is 1.81. The number of carbonyl (C=O) groups excluding carboxylic acids is 1. The van der Waals surface area contributed by atoms with Crippen LogP contribution in [-0.4, -0.2) is 87.8 Å².